The maximum atomic E-state index is 13.2. The molecule has 0 aliphatic rings. The number of allylic oxidation sites excluding steroid dienone is 1. The van der Waals surface area contributed by atoms with Crippen molar-refractivity contribution in [2.45, 2.75) is 25.2 Å². The minimum Gasteiger partial charge on any atom is -0.494 e. The Balaban J connectivity index is 1.76. The first-order valence-electron chi connectivity index (χ1n) is 11.8. The van der Waals surface area contributed by atoms with Crippen LogP contribution in [0.5, 0.6) is 5.75 Å². The lowest BCUT2D eigenvalue weighted by atomic mass is 10.1. The number of ether oxygens (including phenoxy) is 1. The molecule has 0 aliphatic carbocycles. The van der Waals surface area contributed by atoms with Crippen LogP contribution < -0.4 is 4.74 Å². The van der Waals surface area contributed by atoms with Gasteiger partial charge in [-0.25, -0.2) is 13.1 Å². The molecule has 4 aromatic rings. The highest BCUT2D eigenvalue weighted by Gasteiger charge is 2.22. The van der Waals surface area contributed by atoms with Crippen LogP contribution in [0.4, 0.5) is 0 Å². The Morgan fingerprint density at radius 1 is 1.05 bits per heavy atom. The van der Waals surface area contributed by atoms with Crippen molar-refractivity contribution in [2.24, 2.45) is 5.92 Å². The van der Waals surface area contributed by atoms with Crippen LogP contribution in [0.25, 0.3) is 23.0 Å². The molecule has 0 saturated carbocycles. The standard InChI is InChI=1S/C29H26ClN3O3S/c1-21(2)16-17-36-26-12-8-22(9-13-26)29-23(20-33(32-29)25-6-4-3-5-7-25)18-28(19-31)37(34,35)27-14-10-24(30)11-15-27/h3-15,18,20-21H,16-17H2,1-2H3/b28-18+. The minimum atomic E-state index is -4.06. The Labute approximate surface area is 222 Å². The number of nitrogens with zero attached hydrogens (tertiary/aromatic N) is 3. The fraction of sp³-hybridized carbons (Fsp3) is 0.172. The van der Waals surface area contributed by atoms with E-state index in [-0.39, 0.29) is 4.90 Å². The van der Waals surface area contributed by atoms with E-state index in [4.69, 9.17) is 21.4 Å². The quantitative estimate of drug-likeness (QED) is 0.218. The van der Waals surface area contributed by atoms with Gasteiger partial charge in [0.2, 0.25) is 9.84 Å². The Morgan fingerprint density at radius 3 is 2.35 bits per heavy atom. The molecule has 0 amide bonds. The number of hydrogen-bond acceptors (Lipinski definition) is 5. The van der Waals surface area contributed by atoms with E-state index in [0.29, 0.717) is 28.8 Å². The largest absolute Gasteiger partial charge is 0.494 e. The third-order valence-corrected chi connectivity index (χ3v) is 7.60. The molecule has 0 N–H and O–H groups in total. The second-order valence-electron chi connectivity index (χ2n) is 8.85. The van der Waals surface area contributed by atoms with Crippen molar-refractivity contribution in [3.63, 3.8) is 0 Å². The van der Waals surface area contributed by atoms with Gasteiger partial charge in [-0.3, -0.25) is 0 Å². The highest BCUT2D eigenvalue weighted by molar-refractivity contribution is 7.95. The van der Waals surface area contributed by atoms with Gasteiger partial charge in [-0.15, -0.1) is 0 Å². The van der Waals surface area contributed by atoms with E-state index < -0.39 is 14.7 Å². The lowest BCUT2D eigenvalue weighted by Gasteiger charge is -2.08. The summed E-state index contributed by atoms with van der Waals surface area (Å²) in [6.45, 7) is 4.92. The van der Waals surface area contributed by atoms with Crippen LogP contribution in [0.15, 0.2) is 94.9 Å². The van der Waals surface area contributed by atoms with Gasteiger partial charge in [-0.1, -0.05) is 43.6 Å². The zero-order valence-electron chi connectivity index (χ0n) is 20.5. The maximum Gasteiger partial charge on any atom is 0.216 e. The zero-order valence-corrected chi connectivity index (χ0v) is 22.1. The van der Waals surface area contributed by atoms with E-state index in [9.17, 15) is 13.7 Å². The first kappa shape index (κ1) is 26.2. The van der Waals surface area contributed by atoms with E-state index in [1.165, 1.54) is 30.3 Å². The molecule has 3 aromatic carbocycles. The molecule has 0 radical (unpaired) electrons. The van der Waals surface area contributed by atoms with Crippen LogP contribution in [-0.2, 0) is 9.84 Å². The summed E-state index contributed by atoms with van der Waals surface area (Å²) in [7, 11) is -4.06. The Kier molecular flexibility index (Phi) is 8.12. The molecule has 0 unspecified atom stereocenters. The predicted octanol–water partition coefficient (Wildman–Crippen LogP) is 6.96. The minimum absolute atomic E-state index is 0.00963. The topological polar surface area (TPSA) is 85.0 Å². The Morgan fingerprint density at radius 2 is 1.73 bits per heavy atom. The van der Waals surface area contributed by atoms with Crippen LogP contribution in [0.3, 0.4) is 0 Å². The third kappa shape index (κ3) is 6.29. The van der Waals surface area contributed by atoms with Gasteiger partial charge in [0.1, 0.15) is 22.4 Å². The normalized spacial score (nSPS) is 11.9. The summed E-state index contributed by atoms with van der Waals surface area (Å²) in [6.07, 6.45) is 4.03. The van der Waals surface area contributed by atoms with Gasteiger partial charge in [-0.2, -0.15) is 10.4 Å². The van der Waals surface area contributed by atoms with Gasteiger partial charge in [-0.05, 0) is 79.1 Å². The zero-order chi connectivity index (χ0) is 26.4. The summed E-state index contributed by atoms with van der Waals surface area (Å²) in [5.41, 5.74) is 2.59. The van der Waals surface area contributed by atoms with Crippen molar-refractivity contribution in [3.8, 4) is 28.8 Å². The summed E-state index contributed by atoms with van der Waals surface area (Å²) in [6, 6.07) is 24.5. The van der Waals surface area contributed by atoms with E-state index in [1.807, 2.05) is 60.7 Å². The molecule has 8 heteroatoms. The number of hydrogen-bond donors (Lipinski definition) is 0. The summed E-state index contributed by atoms with van der Waals surface area (Å²) >= 11 is 5.91. The summed E-state index contributed by atoms with van der Waals surface area (Å²) < 4.78 is 33.9. The van der Waals surface area contributed by atoms with Crippen LogP contribution in [0.2, 0.25) is 5.02 Å². The average molecular weight is 532 g/mol. The number of aromatic nitrogens is 2. The number of rotatable bonds is 9. The third-order valence-electron chi connectivity index (χ3n) is 5.67. The van der Waals surface area contributed by atoms with Gasteiger partial charge in [0.15, 0.2) is 0 Å². The number of nitriles is 1. The molecule has 37 heavy (non-hydrogen) atoms. The lowest BCUT2D eigenvalue weighted by molar-refractivity contribution is 0.289. The molecule has 0 saturated heterocycles. The smallest absolute Gasteiger partial charge is 0.216 e. The summed E-state index contributed by atoms with van der Waals surface area (Å²) in [5, 5.41) is 15.0. The molecule has 0 fully saturated rings. The van der Waals surface area contributed by atoms with E-state index in [2.05, 4.69) is 13.8 Å². The first-order valence-corrected chi connectivity index (χ1v) is 13.6. The molecule has 0 atom stereocenters. The molecular formula is C29H26ClN3O3S. The second-order valence-corrected chi connectivity index (χ2v) is 11.2. The number of benzene rings is 3. The first-order chi connectivity index (χ1) is 17.8. The van der Waals surface area contributed by atoms with Crippen LogP contribution in [0.1, 0.15) is 25.8 Å². The fourth-order valence-corrected chi connectivity index (χ4v) is 4.88. The summed E-state index contributed by atoms with van der Waals surface area (Å²) in [4.78, 5) is -0.401. The van der Waals surface area contributed by atoms with E-state index in [1.54, 1.807) is 10.9 Å². The van der Waals surface area contributed by atoms with Gasteiger partial charge in [0.25, 0.3) is 0 Å². The van der Waals surface area contributed by atoms with Crippen LogP contribution in [0, 0.1) is 17.2 Å². The molecule has 0 aliphatic heterocycles. The maximum absolute atomic E-state index is 13.2. The van der Waals surface area contributed by atoms with Gasteiger partial charge >= 0.3 is 0 Å². The van der Waals surface area contributed by atoms with Crippen molar-refractivity contribution in [2.75, 3.05) is 6.61 Å². The molecule has 1 heterocycles. The van der Waals surface area contributed by atoms with Crippen molar-refractivity contribution in [1.29, 1.82) is 5.26 Å². The van der Waals surface area contributed by atoms with Crippen molar-refractivity contribution >= 4 is 27.5 Å². The highest BCUT2D eigenvalue weighted by atomic mass is 35.5. The Bertz CT molecular complexity index is 1530. The molecule has 1 aromatic heterocycles. The van der Waals surface area contributed by atoms with Gasteiger partial charge < -0.3 is 4.74 Å². The molecule has 188 valence electrons. The molecular weight excluding hydrogens is 506 g/mol. The van der Waals surface area contributed by atoms with Gasteiger partial charge in [0.05, 0.1) is 17.2 Å². The summed E-state index contributed by atoms with van der Waals surface area (Å²) in [5.74, 6) is 1.29. The fourth-order valence-electron chi connectivity index (χ4n) is 3.60. The highest BCUT2D eigenvalue weighted by Crippen LogP contribution is 2.30. The van der Waals surface area contributed by atoms with Gasteiger partial charge in [0, 0.05) is 22.3 Å². The van der Waals surface area contributed by atoms with E-state index in [0.717, 1.165) is 23.4 Å². The van der Waals surface area contributed by atoms with Crippen molar-refractivity contribution in [1.82, 2.24) is 9.78 Å². The molecule has 0 bridgehead atoms. The number of para-hydroxylation sites is 1. The lowest BCUT2D eigenvalue weighted by Crippen LogP contribution is -2.03. The van der Waals surface area contributed by atoms with Crippen LogP contribution in [-0.4, -0.2) is 24.8 Å². The molecule has 6 nitrogen and oxygen atoms in total. The Hall–Kier alpha value is -3.86. The average Bonchev–Trinajstić information content (AvgIpc) is 3.32. The monoisotopic (exact) mass is 531 g/mol. The van der Waals surface area contributed by atoms with E-state index >= 15 is 0 Å². The number of sulfone groups is 1. The SMILES string of the molecule is CC(C)CCOc1ccc(-c2nn(-c3ccccc3)cc2/C=C(\C#N)S(=O)(=O)c2ccc(Cl)cc2)cc1. The molecule has 4 rings (SSSR count). The van der Waals surface area contributed by atoms with Crippen molar-refractivity contribution < 1.29 is 13.2 Å². The predicted molar refractivity (Wildman–Crippen MR) is 146 cm³/mol. The second kappa shape index (κ2) is 11.5. The van der Waals surface area contributed by atoms with Crippen molar-refractivity contribution in [3.05, 3.63) is 101 Å². The van der Waals surface area contributed by atoms with Crippen LogP contribution >= 0.6 is 11.6 Å². The number of halogens is 1. The molecule has 0 spiro atoms.